The Bertz CT molecular complexity index is 782. The van der Waals surface area contributed by atoms with Gasteiger partial charge in [-0.05, 0) is 53.7 Å². The summed E-state index contributed by atoms with van der Waals surface area (Å²) in [6.45, 7) is 3.15. The molecule has 126 valence electrons. The number of carbonyl (C=O) groups excluding carboxylic acids is 2. The van der Waals surface area contributed by atoms with Crippen molar-refractivity contribution in [2.45, 2.75) is 32.2 Å². The van der Waals surface area contributed by atoms with E-state index in [1.165, 1.54) is 0 Å². The van der Waals surface area contributed by atoms with Crippen molar-refractivity contribution in [3.05, 3.63) is 23.9 Å². The van der Waals surface area contributed by atoms with Gasteiger partial charge in [-0.2, -0.15) is 0 Å². The van der Waals surface area contributed by atoms with Crippen LogP contribution in [0.1, 0.15) is 36.5 Å². The van der Waals surface area contributed by atoms with Crippen molar-refractivity contribution in [2.75, 3.05) is 13.1 Å². The summed E-state index contributed by atoms with van der Waals surface area (Å²) >= 11 is 0. The Morgan fingerprint density at radius 1 is 1.29 bits per heavy atom. The predicted molar refractivity (Wildman–Crippen MR) is 85.1 cm³/mol. The van der Waals surface area contributed by atoms with Crippen LogP contribution < -0.4 is 5.32 Å². The predicted octanol–water partition coefficient (Wildman–Crippen LogP) is 0.501. The van der Waals surface area contributed by atoms with Crippen molar-refractivity contribution >= 4 is 17.5 Å². The van der Waals surface area contributed by atoms with E-state index in [0.29, 0.717) is 29.1 Å². The normalized spacial score (nSPS) is 26.4. The van der Waals surface area contributed by atoms with E-state index in [0.717, 1.165) is 32.4 Å². The lowest BCUT2D eigenvalue weighted by Gasteiger charge is -2.39. The van der Waals surface area contributed by atoms with Crippen LogP contribution in [0.15, 0.2) is 18.3 Å². The summed E-state index contributed by atoms with van der Waals surface area (Å²) < 4.78 is 1.54. The number of hydrogen-bond donors (Lipinski definition) is 1. The van der Waals surface area contributed by atoms with Crippen LogP contribution in [0.4, 0.5) is 0 Å². The maximum atomic E-state index is 12.7. The molecule has 8 heteroatoms. The quantitative estimate of drug-likeness (QED) is 0.886. The molecule has 3 heterocycles. The number of pyridine rings is 1. The van der Waals surface area contributed by atoms with E-state index in [1.807, 2.05) is 4.90 Å². The molecule has 4 rings (SSSR count). The number of rotatable bonds is 3. The number of nitrogens with zero attached hydrogens (tertiary/aromatic N) is 5. The fourth-order valence-corrected chi connectivity index (χ4v) is 3.86. The lowest BCUT2D eigenvalue weighted by molar-refractivity contribution is -0.120. The number of amides is 2. The van der Waals surface area contributed by atoms with Gasteiger partial charge in [0.05, 0.1) is 0 Å². The minimum absolute atomic E-state index is 0.0417. The van der Waals surface area contributed by atoms with Crippen LogP contribution in [0.3, 0.4) is 0 Å². The third-order valence-electron chi connectivity index (χ3n) is 5.21. The summed E-state index contributed by atoms with van der Waals surface area (Å²) in [6, 6.07) is 3.81. The minimum atomic E-state index is 0.0417. The number of carbonyl (C=O) groups is 2. The van der Waals surface area contributed by atoms with E-state index in [4.69, 9.17) is 0 Å². The molecule has 1 saturated carbocycles. The van der Waals surface area contributed by atoms with Crippen LogP contribution in [0.5, 0.6) is 0 Å². The van der Waals surface area contributed by atoms with Crippen LogP contribution >= 0.6 is 0 Å². The number of hydrogen-bond acceptors (Lipinski definition) is 5. The Hall–Kier alpha value is -2.51. The van der Waals surface area contributed by atoms with Gasteiger partial charge in [0.2, 0.25) is 5.91 Å². The van der Waals surface area contributed by atoms with Gasteiger partial charge in [-0.1, -0.05) is 0 Å². The van der Waals surface area contributed by atoms with Gasteiger partial charge in [0.1, 0.15) is 0 Å². The standard InChI is InChI=1S/C16H20N6O2/c1-10(23)17-14-6-13(7-14)12-2-4-21(9-12)16(24)11-3-5-22-15(8-11)18-19-20-22/h3,5,8,12-14H,2,4,6-7,9H2,1H3,(H,17,23). The molecular weight excluding hydrogens is 308 g/mol. The highest BCUT2D eigenvalue weighted by molar-refractivity contribution is 5.95. The van der Waals surface area contributed by atoms with E-state index in [1.54, 1.807) is 29.8 Å². The lowest BCUT2D eigenvalue weighted by atomic mass is 9.72. The van der Waals surface area contributed by atoms with Gasteiger partial charge in [0, 0.05) is 37.8 Å². The first-order valence-electron chi connectivity index (χ1n) is 8.34. The van der Waals surface area contributed by atoms with Crippen LogP contribution in [-0.4, -0.2) is 55.9 Å². The molecule has 8 nitrogen and oxygen atoms in total. The largest absolute Gasteiger partial charge is 0.354 e. The topological polar surface area (TPSA) is 92.5 Å². The van der Waals surface area contributed by atoms with Crippen molar-refractivity contribution in [1.82, 2.24) is 30.3 Å². The molecule has 24 heavy (non-hydrogen) atoms. The first kappa shape index (κ1) is 15.0. The molecule has 2 aromatic heterocycles. The summed E-state index contributed by atoms with van der Waals surface area (Å²) in [7, 11) is 0. The lowest BCUT2D eigenvalue weighted by Crippen LogP contribution is -2.46. The number of tetrazole rings is 1. The Morgan fingerprint density at radius 3 is 2.92 bits per heavy atom. The Morgan fingerprint density at radius 2 is 2.12 bits per heavy atom. The summed E-state index contributed by atoms with van der Waals surface area (Å²) in [5.74, 6) is 1.24. The molecule has 0 bridgehead atoms. The van der Waals surface area contributed by atoms with Crippen LogP contribution in [-0.2, 0) is 4.79 Å². The summed E-state index contributed by atoms with van der Waals surface area (Å²) in [5, 5.41) is 14.2. The summed E-state index contributed by atoms with van der Waals surface area (Å²) in [4.78, 5) is 25.7. The average molecular weight is 328 g/mol. The van der Waals surface area contributed by atoms with Gasteiger partial charge >= 0.3 is 0 Å². The zero-order valence-corrected chi connectivity index (χ0v) is 13.6. The van der Waals surface area contributed by atoms with E-state index in [2.05, 4.69) is 20.8 Å². The fraction of sp³-hybridized carbons (Fsp3) is 0.562. The molecule has 0 spiro atoms. The molecule has 2 fully saturated rings. The highest BCUT2D eigenvalue weighted by Gasteiger charge is 2.39. The van der Waals surface area contributed by atoms with Gasteiger partial charge in [0.25, 0.3) is 5.91 Å². The van der Waals surface area contributed by atoms with Crippen molar-refractivity contribution in [1.29, 1.82) is 0 Å². The third-order valence-corrected chi connectivity index (χ3v) is 5.21. The molecule has 1 aliphatic heterocycles. The second-order valence-electron chi connectivity index (χ2n) is 6.83. The molecule has 0 radical (unpaired) electrons. The Kier molecular flexibility index (Phi) is 3.66. The molecule has 1 saturated heterocycles. The van der Waals surface area contributed by atoms with Gasteiger partial charge in [-0.15, -0.1) is 5.10 Å². The third kappa shape index (κ3) is 2.72. The Labute approximate surface area is 139 Å². The monoisotopic (exact) mass is 328 g/mol. The number of likely N-dealkylation sites (tertiary alicyclic amines) is 1. The fourth-order valence-electron chi connectivity index (χ4n) is 3.86. The maximum Gasteiger partial charge on any atom is 0.254 e. The molecule has 1 atom stereocenters. The molecule has 2 amide bonds. The first-order valence-corrected chi connectivity index (χ1v) is 8.34. The maximum absolute atomic E-state index is 12.7. The van der Waals surface area contributed by atoms with Gasteiger partial charge in [-0.3, -0.25) is 9.59 Å². The van der Waals surface area contributed by atoms with Crippen LogP contribution in [0.2, 0.25) is 0 Å². The molecule has 2 aromatic rings. The molecule has 2 aliphatic rings. The molecule has 1 aliphatic carbocycles. The molecule has 1 unspecified atom stereocenters. The number of fused-ring (bicyclic) bond motifs is 1. The van der Waals surface area contributed by atoms with E-state index >= 15 is 0 Å². The second-order valence-corrected chi connectivity index (χ2v) is 6.83. The van der Waals surface area contributed by atoms with Crippen molar-refractivity contribution in [3.8, 4) is 0 Å². The summed E-state index contributed by atoms with van der Waals surface area (Å²) in [5.41, 5.74) is 1.21. The average Bonchev–Trinajstić information content (AvgIpc) is 3.17. The minimum Gasteiger partial charge on any atom is -0.354 e. The molecule has 1 N–H and O–H groups in total. The number of aromatic nitrogens is 4. The van der Waals surface area contributed by atoms with Crippen molar-refractivity contribution in [3.63, 3.8) is 0 Å². The zero-order chi connectivity index (χ0) is 16.7. The summed E-state index contributed by atoms with van der Waals surface area (Å²) in [6.07, 6.45) is 4.81. The van der Waals surface area contributed by atoms with E-state index in [-0.39, 0.29) is 11.8 Å². The van der Waals surface area contributed by atoms with Gasteiger partial charge in [0.15, 0.2) is 5.65 Å². The van der Waals surface area contributed by atoms with E-state index < -0.39 is 0 Å². The van der Waals surface area contributed by atoms with Gasteiger partial charge in [-0.25, -0.2) is 4.52 Å². The number of nitrogens with one attached hydrogen (secondary N) is 1. The molecule has 0 aromatic carbocycles. The Balaban J connectivity index is 1.36. The zero-order valence-electron chi connectivity index (χ0n) is 13.6. The molecular formula is C16H20N6O2. The second kappa shape index (κ2) is 5.85. The first-order chi connectivity index (χ1) is 11.6. The smallest absolute Gasteiger partial charge is 0.254 e. The van der Waals surface area contributed by atoms with Crippen molar-refractivity contribution < 1.29 is 9.59 Å². The van der Waals surface area contributed by atoms with Crippen molar-refractivity contribution in [2.24, 2.45) is 11.8 Å². The highest BCUT2D eigenvalue weighted by Crippen LogP contribution is 2.38. The van der Waals surface area contributed by atoms with E-state index in [9.17, 15) is 9.59 Å². The van der Waals surface area contributed by atoms with Gasteiger partial charge < -0.3 is 10.2 Å². The van der Waals surface area contributed by atoms with Crippen LogP contribution in [0, 0.1) is 11.8 Å². The SMILES string of the molecule is CC(=O)NC1CC(C2CCN(C(=O)c3ccn4nnnc4c3)C2)C1. The highest BCUT2D eigenvalue weighted by atomic mass is 16.2. The van der Waals surface area contributed by atoms with Crippen LogP contribution in [0.25, 0.3) is 5.65 Å².